The van der Waals surface area contributed by atoms with Gasteiger partial charge in [-0.3, -0.25) is 9.48 Å². The van der Waals surface area contributed by atoms with Crippen LogP contribution in [0.2, 0.25) is 0 Å². The van der Waals surface area contributed by atoms with Crippen molar-refractivity contribution in [1.82, 2.24) is 15.1 Å². The highest BCUT2D eigenvalue weighted by atomic mass is 19.1. The number of fused-ring (bicyclic) bond motifs is 1. The Morgan fingerprint density at radius 3 is 2.88 bits per heavy atom. The van der Waals surface area contributed by atoms with Crippen molar-refractivity contribution in [2.75, 3.05) is 0 Å². The lowest BCUT2D eigenvalue weighted by molar-refractivity contribution is 0.0966. The van der Waals surface area contributed by atoms with Crippen LogP contribution in [0.5, 0.6) is 5.75 Å². The van der Waals surface area contributed by atoms with Gasteiger partial charge in [0.2, 0.25) is 0 Å². The Morgan fingerprint density at radius 1 is 1.36 bits per heavy atom. The lowest BCUT2D eigenvalue weighted by Gasteiger charge is -2.13. The normalized spacial score (nSPS) is 17.8. The molecule has 0 fully saturated rings. The lowest BCUT2D eigenvalue weighted by Crippen LogP contribution is -2.12. The topological polar surface area (TPSA) is 56.1 Å². The third-order valence-corrected chi connectivity index (χ3v) is 3.81. The Morgan fingerprint density at radius 2 is 2.16 bits per heavy atom. The first kappa shape index (κ1) is 11.4. The molecule has 0 saturated heterocycles. The predicted octanol–water partition coefficient (Wildman–Crippen LogP) is 3.05. The number of rotatable bonds is 4. The van der Waals surface area contributed by atoms with Gasteiger partial charge in [-0.15, -0.1) is 0 Å². The molecular formula is C19H16FN3O2. The van der Waals surface area contributed by atoms with Gasteiger partial charge in [0, 0.05) is 36.4 Å². The number of benzene rings is 2. The van der Waals surface area contributed by atoms with Crippen molar-refractivity contribution in [2.24, 2.45) is 7.05 Å². The largest absolute Gasteiger partial charge is 0.488 e. The highest BCUT2D eigenvalue weighted by molar-refractivity contribution is 6.00. The SMILES string of the molecule is [2H]C1([2H])NC(=O)c2cc(-c3ccc(F)cc3)c(OC([2H])([2H])c3cnn(C)c3)cc21. The van der Waals surface area contributed by atoms with Crippen LogP contribution in [0.25, 0.3) is 11.1 Å². The van der Waals surface area contributed by atoms with E-state index in [0.717, 1.165) is 0 Å². The molecular weight excluding hydrogens is 321 g/mol. The van der Waals surface area contributed by atoms with Crippen LogP contribution in [0.4, 0.5) is 4.39 Å². The van der Waals surface area contributed by atoms with E-state index in [0.29, 0.717) is 11.1 Å². The molecule has 0 aliphatic carbocycles. The van der Waals surface area contributed by atoms with Crippen LogP contribution in [0, 0.1) is 5.82 Å². The first-order chi connectivity index (χ1) is 13.6. The van der Waals surface area contributed by atoms with E-state index in [1.54, 1.807) is 7.05 Å². The summed E-state index contributed by atoms with van der Waals surface area (Å²) >= 11 is 0. The van der Waals surface area contributed by atoms with Gasteiger partial charge >= 0.3 is 0 Å². The van der Waals surface area contributed by atoms with Crippen LogP contribution in [0.1, 0.15) is 27.0 Å². The Hall–Kier alpha value is -3.15. The van der Waals surface area contributed by atoms with Crippen molar-refractivity contribution in [2.45, 2.75) is 13.1 Å². The summed E-state index contributed by atoms with van der Waals surface area (Å²) in [5.74, 6) is -1.02. The van der Waals surface area contributed by atoms with E-state index in [9.17, 15) is 9.18 Å². The lowest BCUT2D eigenvalue weighted by atomic mass is 9.99. The monoisotopic (exact) mass is 341 g/mol. The van der Waals surface area contributed by atoms with E-state index >= 15 is 0 Å². The van der Waals surface area contributed by atoms with E-state index < -0.39 is 24.8 Å². The van der Waals surface area contributed by atoms with Gasteiger partial charge in [0.1, 0.15) is 18.1 Å². The molecule has 2 heterocycles. The predicted molar refractivity (Wildman–Crippen MR) is 90.5 cm³/mol. The van der Waals surface area contributed by atoms with Gasteiger partial charge in [-0.1, -0.05) is 12.1 Å². The fraction of sp³-hybridized carbons (Fsp3) is 0.158. The zero-order chi connectivity index (χ0) is 21.0. The molecule has 6 heteroatoms. The average Bonchev–Trinajstić information content (AvgIpc) is 3.17. The summed E-state index contributed by atoms with van der Waals surface area (Å²) in [6.07, 6.45) is 2.80. The maximum atomic E-state index is 13.4. The Labute approximate surface area is 149 Å². The van der Waals surface area contributed by atoms with E-state index in [1.165, 1.54) is 53.5 Å². The molecule has 1 amide bonds. The summed E-state index contributed by atoms with van der Waals surface area (Å²) < 4.78 is 53.1. The van der Waals surface area contributed by atoms with Gasteiger partial charge in [-0.05, 0) is 35.4 Å². The first-order valence-corrected chi connectivity index (χ1v) is 7.52. The Bertz CT molecular complexity index is 1110. The number of aryl methyl sites for hydroxylation is 1. The number of halogens is 1. The number of nitrogens with zero attached hydrogens (tertiary/aromatic N) is 2. The molecule has 0 atom stereocenters. The van der Waals surface area contributed by atoms with Crippen LogP contribution in [-0.4, -0.2) is 15.7 Å². The van der Waals surface area contributed by atoms with Gasteiger partial charge in [0.05, 0.1) is 11.7 Å². The van der Waals surface area contributed by atoms with E-state index in [4.69, 9.17) is 10.2 Å². The van der Waals surface area contributed by atoms with Gasteiger partial charge in [-0.2, -0.15) is 5.10 Å². The molecule has 1 N–H and O–H groups in total. The zero-order valence-electron chi connectivity index (χ0n) is 17.2. The number of aromatic nitrogens is 2. The standard InChI is InChI=1S/C19H16FN3O2/c1-23-10-12(8-22-23)11-25-18-6-14-9-21-19(24)17(14)7-16(18)13-2-4-15(20)5-3-13/h2-8,10H,9,11H2,1H3,(H,21,24)/i9D2,11D2. The number of nitrogens with one attached hydrogen (secondary N) is 1. The minimum absolute atomic E-state index is 0.0181. The fourth-order valence-corrected chi connectivity index (χ4v) is 2.59. The number of hydrogen-bond acceptors (Lipinski definition) is 3. The molecule has 0 unspecified atom stereocenters. The minimum Gasteiger partial charge on any atom is -0.488 e. The van der Waals surface area contributed by atoms with E-state index in [1.807, 2.05) is 0 Å². The molecule has 1 aromatic heterocycles. The van der Waals surface area contributed by atoms with Gasteiger partial charge < -0.3 is 10.1 Å². The van der Waals surface area contributed by atoms with Crippen molar-refractivity contribution < 1.29 is 19.4 Å². The summed E-state index contributed by atoms with van der Waals surface area (Å²) in [4.78, 5) is 12.2. The van der Waals surface area contributed by atoms with Crippen LogP contribution in [-0.2, 0) is 20.1 Å². The molecule has 0 spiro atoms. The maximum Gasteiger partial charge on any atom is 0.251 e. The van der Waals surface area contributed by atoms with Crippen LogP contribution >= 0.6 is 0 Å². The molecule has 1 aliphatic rings. The summed E-state index contributed by atoms with van der Waals surface area (Å²) in [5.41, 5.74) is 1.16. The maximum absolute atomic E-state index is 13.4. The quantitative estimate of drug-likeness (QED) is 0.793. The molecule has 0 saturated carbocycles. The molecule has 0 bridgehead atoms. The first-order valence-electron chi connectivity index (χ1n) is 9.52. The van der Waals surface area contributed by atoms with Crippen LogP contribution in [0.3, 0.4) is 0 Å². The molecule has 5 nitrogen and oxygen atoms in total. The highest BCUT2D eigenvalue weighted by Gasteiger charge is 2.22. The second-order valence-corrected chi connectivity index (χ2v) is 5.59. The van der Waals surface area contributed by atoms with Gasteiger partial charge in [0.15, 0.2) is 0 Å². The molecule has 126 valence electrons. The van der Waals surface area contributed by atoms with Crippen LogP contribution in [0.15, 0.2) is 48.8 Å². The molecule has 3 aromatic rings. The van der Waals surface area contributed by atoms with Crippen molar-refractivity contribution in [3.8, 4) is 16.9 Å². The number of hydrogen-bond donors (Lipinski definition) is 1. The minimum atomic E-state index is -2.28. The molecule has 2 aromatic carbocycles. The fourth-order valence-electron chi connectivity index (χ4n) is 2.59. The second kappa shape index (κ2) is 6.05. The third-order valence-electron chi connectivity index (χ3n) is 3.81. The van der Waals surface area contributed by atoms with Crippen molar-refractivity contribution in [3.05, 3.63) is 71.3 Å². The molecule has 0 radical (unpaired) electrons. The average molecular weight is 341 g/mol. The van der Waals surface area contributed by atoms with Gasteiger partial charge in [0.25, 0.3) is 5.91 Å². The summed E-state index contributed by atoms with van der Waals surface area (Å²) in [6.45, 7) is -4.40. The van der Waals surface area contributed by atoms with Crippen molar-refractivity contribution in [1.29, 1.82) is 0 Å². The Balaban J connectivity index is 1.87. The van der Waals surface area contributed by atoms with E-state index in [2.05, 4.69) is 10.4 Å². The molecule has 1 aliphatic heterocycles. The number of carbonyl (C=O) groups is 1. The summed E-state index contributed by atoms with van der Waals surface area (Å²) in [6, 6.07) is 8.16. The highest BCUT2D eigenvalue weighted by Crippen LogP contribution is 2.35. The smallest absolute Gasteiger partial charge is 0.251 e. The second-order valence-electron chi connectivity index (χ2n) is 5.59. The van der Waals surface area contributed by atoms with Gasteiger partial charge in [-0.25, -0.2) is 4.39 Å². The third kappa shape index (κ3) is 2.98. The number of carbonyl (C=O) groups excluding carboxylic acids is 1. The number of amides is 1. The van der Waals surface area contributed by atoms with Crippen molar-refractivity contribution in [3.63, 3.8) is 0 Å². The molecule has 25 heavy (non-hydrogen) atoms. The summed E-state index contributed by atoms with van der Waals surface area (Å²) in [7, 11) is 1.64. The molecule has 4 rings (SSSR count). The van der Waals surface area contributed by atoms with Crippen molar-refractivity contribution >= 4 is 5.91 Å². The number of ether oxygens (including phenoxy) is 1. The summed E-state index contributed by atoms with van der Waals surface area (Å²) in [5, 5.41) is 6.19. The zero-order valence-corrected chi connectivity index (χ0v) is 13.2. The van der Waals surface area contributed by atoms with E-state index in [-0.39, 0.29) is 22.4 Å². The van der Waals surface area contributed by atoms with Crippen LogP contribution < -0.4 is 10.1 Å². The Kier molecular flexibility index (Phi) is 2.76.